The van der Waals surface area contributed by atoms with E-state index in [2.05, 4.69) is 28.0 Å². The summed E-state index contributed by atoms with van der Waals surface area (Å²) in [7, 11) is 0. The smallest absolute Gasteiger partial charge is 0.286 e. The molecular weight excluding hydrogens is 266 g/mol. The Bertz CT molecular complexity index is 662. The minimum atomic E-state index is -0.359. The first-order valence-corrected chi connectivity index (χ1v) is 7.05. The number of aromatic nitrogens is 1. The molecule has 0 bridgehead atoms. The van der Waals surface area contributed by atoms with Gasteiger partial charge in [-0.2, -0.15) is 0 Å². The average molecular weight is 283 g/mol. The Morgan fingerprint density at radius 2 is 1.95 bits per heavy atom. The van der Waals surface area contributed by atoms with E-state index in [-0.39, 0.29) is 18.2 Å². The number of fused-ring (bicyclic) bond motifs is 1. The van der Waals surface area contributed by atoms with Crippen LogP contribution in [-0.4, -0.2) is 16.8 Å². The van der Waals surface area contributed by atoms with Crippen LogP contribution >= 0.6 is 0 Å². The van der Waals surface area contributed by atoms with Crippen molar-refractivity contribution in [1.82, 2.24) is 15.8 Å². The molecule has 3 N–H and O–H groups in total. The standard InChI is InChI=1S/C16H17N3O2/c20-15(18-19-16(21)14-5-2-8-17-14)10-11-6-7-12-3-1-4-13(12)9-11/h2,5-9,17H,1,3-4,10H2,(H,18,20)(H,19,21). The fourth-order valence-corrected chi connectivity index (χ4v) is 2.63. The molecule has 0 atom stereocenters. The van der Waals surface area contributed by atoms with Crippen molar-refractivity contribution in [3.8, 4) is 0 Å². The molecule has 21 heavy (non-hydrogen) atoms. The summed E-state index contributed by atoms with van der Waals surface area (Å²) in [4.78, 5) is 26.3. The summed E-state index contributed by atoms with van der Waals surface area (Å²) < 4.78 is 0. The molecule has 0 unspecified atom stereocenters. The van der Waals surface area contributed by atoms with Gasteiger partial charge in [-0.25, -0.2) is 0 Å². The van der Waals surface area contributed by atoms with Crippen molar-refractivity contribution >= 4 is 11.8 Å². The van der Waals surface area contributed by atoms with Gasteiger partial charge in [0.05, 0.1) is 6.42 Å². The summed E-state index contributed by atoms with van der Waals surface area (Å²) in [5.74, 6) is -0.588. The van der Waals surface area contributed by atoms with E-state index in [1.54, 1.807) is 18.3 Å². The zero-order valence-electron chi connectivity index (χ0n) is 11.6. The Labute approximate surface area is 122 Å². The lowest BCUT2D eigenvalue weighted by Gasteiger charge is -2.07. The molecule has 3 rings (SSSR count). The molecule has 0 aliphatic heterocycles. The van der Waals surface area contributed by atoms with Crippen LogP contribution in [0.5, 0.6) is 0 Å². The second kappa shape index (κ2) is 5.83. The highest BCUT2D eigenvalue weighted by Gasteiger charge is 2.13. The van der Waals surface area contributed by atoms with Crippen LogP contribution in [0, 0.1) is 0 Å². The first-order chi connectivity index (χ1) is 10.2. The number of nitrogens with one attached hydrogen (secondary N) is 3. The first-order valence-electron chi connectivity index (χ1n) is 7.05. The van der Waals surface area contributed by atoms with E-state index in [9.17, 15) is 9.59 Å². The highest BCUT2D eigenvalue weighted by Crippen LogP contribution is 2.22. The number of aryl methyl sites for hydroxylation is 2. The van der Waals surface area contributed by atoms with Gasteiger partial charge in [-0.3, -0.25) is 20.4 Å². The molecule has 0 fully saturated rings. The fourth-order valence-electron chi connectivity index (χ4n) is 2.63. The van der Waals surface area contributed by atoms with Gasteiger partial charge in [0.2, 0.25) is 5.91 Å². The van der Waals surface area contributed by atoms with Crippen molar-refractivity contribution in [2.24, 2.45) is 0 Å². The van der Waals surface area contributed by atoms with Gasteiger partial charge in [0, 0.05) is 6.20 Å². The highest BCUT2D eigenvalue weighted by molar-refractivity contribution is 5.93. The van der Waals surface area contributed by atoms with Crippen molar-refractivity contribution in [2.45, 2.75) is 25.7 Å². The Hall–Kier alpha value is -2.56. The zero-order valence-corrected chi connectivity index (χ0v) is 11.6. The van der Waals surface area contributed by atoms with Crippen molar-refractivity contribution in [2.75, 3.05) is 0 Å². The van der Waals surface area contributed by atoms with Crippen LogP contribution in [0.25, 0.3) is 0 Å². The topological polar surface area (TPSA) is 74.0 Å². The number of benzene rings is 1. The second-order valence-corrected chi connectivity index (χ2v) is 5.22. The third-order valence-electron chi connectivity index (χ3n) is 3.69. The van der Waals surface area contributed by atoms with Crippen LogP contribution in [0.2, 0.25) is 0 Å². The van der Waals surface area contributed by atoms with E-state index in [1.165, 1.54) is 17.5 Å². The van der Waals surface area contributed by atoms with Gasteiger partial charge < -0.3 is 4.98 Å². The Morgan fingerprint density at radius 1 is 1.10 bits per heavy atom. The van der Waals surface area contributed by atoms with Crippen LogP contribution in [0.1, 0.15) is 33.6 Å². The van der Waals surface area contributed by atoms with Crippen molar-refractivity contribution < 1.29 is 9.59 Å². The minimum absolute atomic E-state index is 0.229. The summed E-state index contributed by atoms with van der Waals surface area (Å²) in [6, 6.07) is 9.54. The molecule has 0 radical (unpaired) electrons. The van der Waals surface area contributed by atoms with Crippen LogP contribution in [0.3, 0.4) is 0 Å². The lowest BCUT2D eigenvalue weighted by molar-refractivity contribution is -0.121. The molecule has 5 nitrogen and oxygen atoms in total. The Balaban J connectivity index is 1.53. The predicted octanol–water partition coefficient (Wildman–Crippen LogP) is 1.51. The van der Waals surface area contributed by atoms with Crippen molar-refractivity contribution in [3.05, 3.63) is 58.9 Å². The number of aromatic amines is 1. The zero-order chi connectivity index (χ0) is 14.7. The SMILES string of the molecule is O=C(Cc1ccc2c(c1)CCC2)NNC(=O)c1ccc[nH]1. The molecule has 0 saturated heterocycles. The van der Waals surface area contributed by atoms with Gasteiger partial charge in [-0.15, -0.1) is 0 Å². The van der Waals surface area contributed by atoms with E-state index in [0.29, 0.717) is 5.69 Å². The van der Waals surface area contributed by atoms with Crippen LogP contribution in [-0.2, 0) is 24.1 Å². The quantitative estimate of drug-likeness (QED) is 0.747. The van der Waals surface area contributed by atoms with Crippen molar-refractivity contribution in [1.29, 1.82) is 0 Å². The molecule has 0 spiro atoms. The van der Waals surface area contributed by atoms with E-state index in [0.717, 1.165) is 18.4 Å². The molecule has 1 heterocycles. The van der Waals surface area contributed by atoms with E-state index >= 15 is 0 Å². The molecule has 5 heteroatoms. The molecule has 2 amide bonds. The molecule has 1 aromatic heterocycles. The van der Waals surface area contributed by atoms with Gasteiger partial charge in [0.1, 0.15) is 5.69 Å². The van der Waals surface area contributed by atoms with Crippen LogP contribution in [0.15, 0.2) is 36.5 Å². The van der Waals surface area contributed by atoms with Crippen molar-refractivity contribution in [3.63, 3.8) is 0 Å². The van der Waals surface area contributed by atoms with Gasteiger partial charge >= 0.3 is 0 Å². The number of hydrogen-bond donors (Lipinski definition) is 3. The minimum Gasteiger partial charge on any atom is -0.357 e. The third kappa shape index (κ3) is 3.13. The monoisotopic (exact) mass is 283 g/mol. The second-order valence-electron chi connectivity index (χ2n) is 5.22. The summed E-state index contributed by atoms with van der Waals surface area (Å²) in [6.45, 7) is 0. The molecule has 1 aliphatic carbocycles. The molecule has 108 valence electrons. The van der Waals surface area contributed by atoms with Crippen LogP contribution in [0.4, 0.5) is 0 Å². The lowest BCUT2D eigenvalue weighted by Crippen LogP contribution is -2.42. The number of carbonyl (C=O) groups is 2. The normalized spacial score (nSPS) is 12.8. The average Bonchev–Trinajstić information content (AvgIpc) is 3.15. The maximum atomic E-state index is 11.9. The van der Waals surface area contributed by atoms with Gasteiger partial charge in [0.15, 0.2) is 0 Å². The number of hydrogen-bond acceptors (Lipinski definition) is 2. The number of H-pyrrole nitrogens is 1. The molecule has 1 aliphatic rings. The van der Waals surface area contributed by atoms with E-state index in [1.807, 2.05) is 6.07 Å². The maximum absolute atomic E-state index is 11.9. The summed E-state index contributed by atoms with van der Waals surface area (Å²) in [5.41, 5.74) is 8.93. The molecule has 2 aromatic rings. The highest BCUT2D eigenvalue weighted by atomic mass is 16.2. The van der Waals surface area contributed by atoms with E-state index in [4.69, 9.17) is 0 Å². The summed E-state index contributed by atoms with van der Waals surface area (Å²) >= 11 is 0. The number of amides is 2. The summed E-state index contributed by atoms with van der Waals surface area (Å²) in [6.07, 6.45) is 5.33. The number of carbonyl (C=O) groups excluding carboxylic acids is 2. The van der Waals surface area contributed by atoms with Gasteiger partial charge in [-0.05, 0) is 48.1 Å². The lowest BCUT2D eigenvalue weighted by atomic mass is 10.0. The maximum Gasteiger partial charge on any atom is 0.286 e. The van der Waals surface area contributed by atoms with Gasteiger partial charge in [0.25, 0.3) is 5.91 Å². The molecule has 0 saturated carbocycles. The van der Waals surface area contributed by atoms with Crippen LogP contribution < -0.4 is 10.9 Å². The van der Waals surface area contributed by atoms with E-state index < -0.39 is 0 Å². The summed E-state index contributed by atoms with van der Waals surface area (Å²) in [5, 5.41) is 0. The molecular formula is C16H17N3O2. The largest absolute Gasteiger partial charge is 0.357 e. The Kier molecular flexibility index (Phi) is 3.73. The number of rotatable bonds is 3. The predicted molar refractivity (Wildman–Crippen MR) is 78.6 cm³/mol. The Morgan fingerprint density at radius 3 is 2.76 bits per heavy atom. The third-order valence-corrected chi connectivity index (χ3v) is 3.69. The van der Waals surface area contributed by atoms with Gasteiger partial charge in [-0.1, -0.05) is 18.2 Å². The molecule has 1 aromatic carbocycles. The number of hydrazine groups is 1. The first kappa shape index (κ1) is 13.4. The fraction of sp³-hybridized carbons (Fsp3) is 0.250.